The summed E-state index contributed by atoms with van der Waals surface area (Å²) in [4.78, 5) is 9.77. The van der Waals surface area contributed by atoms with Gasteiger partial charge >= 0.3 is 0 Å². The third-order valence-corrected chi connectivity index (χ3v) is 2.52. The number of benzene rings is 2. The van der Waals surface area contributed by atoms with Gasteiger partial charge in [0, 0.05) is 16.4 Å². The largest absolute Gasteiger partial charge is 0.399 e. The Morgan fingerprint density at radius 2 is 1.00 bits per heavy atom. The van der Waals surface area contributed by atoms with Crippen molar-refractivity contribution in [3.63, 3.8) is 0 Å². The highest BCUT2D eigenvalue weighted by Crippen LogP contribution is 2.16. The van der Waals surface area contributed by atoms with Crippen molar-refractivity contribution in [3.05, 3.63) is 48.5 Å². The Morgan fingerprint density at radius 1 is 0.667 bits per heavy atom. The Bertz CT molecular complexity index is 450. The quantitative estimate of drug-likeness (QED) is 0.495. The number of nitrogens with two attached hydrogens (primary N) is 2. The predicted molar refractivity (Wildman–Crippen MR) is 84.6 cm³/mol. The number of hydrogen-bond acceptors (Lipinski definition) is 5. The van der Waals surface area contributed by atoms with E-state index in [0.29, 0.717) is 22.9 Å². The number of unbranched alkanes of at least 4 members (excludes halogenated alkanes) is 1. The van der Waals surface area contributed by atoms with Crippen molar-refractivity contribution in [2.45, 2.75) is 26.7 Å². The first kappa shape index (κ1) is 16.7. The van der Waals surface area contributed by atoms with Gasteiger partial charge in [-0.2, -0.15) is 0 Å². The molecule has 0 aliphatic heterocycles. The molecule has 2 aromatic carbocycles. The fraction of sp³-hybridized carbons (Fsp3) is 0.250. The lowest BCUT2D eigenvalue weighted by atomic mass is 10.3. The minimum atomic E-state index is 0.495. The molecule has 21 heavy (non-hydrogen) atoms. The molecule has 2 aromatic rings. The Hall–Kier alpha value is -2.40. The SMILES string of the molecule is CCCC.Nc1ccc(OOOc2ccc(N)cc2)cc1. The molecule has 0 heterocycles. The van der Waals surface area contributed by atoms with Crippen molar-refractivity contribution in [3.8, 4) is 11.5 Å². The van der Waals surface area contributed by atoms with E-state index in [2.05, 4.69) is 18.9 Å². The Morgan fingerprint density at radius 3 is 1.29 bits per heavy atom. The summed E-state index contributed by atoms with van der Waals surface area (Å²) in [5.41, 5.74) is 12.3. The first-order chi connectivity index (χ1) is 10.2. The van der Waals surface area contributed by atoms with Crippen molar-refractivity contribution in [1.29, 1.82) is 0 Å². The van der Waals surface area contributed by atoms with Gasteiger partial charge in [-0.3, -0.25) is 9.78 Å². The third-order valence-electron chi connectivity index (χ3n) is 2.52. The van der Waals surface area contributed by atoms with Gasteiger partial charge in [0.15, 0.2) is 11.5 Å². The first-order valence-corrected chi connectivity index (χ1v) is 6.88. The average Bonchev–Trinajstić information content (AvgIpc) is 2.51. The van der Waals surface area contributed by atoms with Gasteiger partial charge in [-0.25, -0.2) is 0 Å². The van der Waals surface area contributed by atoms with E-state index >= 15 is 0 Å². The van der Waals surface area contributed by atoms with Crippen molar-refractivity contribution < 1.29 is 14.8 Å². The second kappa shape index (κ2) is 9.50. The van der Waals surface area contributed by atoms with Crippen LogP contribution in [0.5, 0.6) is 11.5 Å². The van der Waals surface area contributed by atoms with E-state index in [-0.39, 0.29) is 0 Å². The van der Waals surface area contributed by atoms with Gasteiger partial charge in [0.2, 0.25) is 0 Å². The minimum absolute atomic E-state index is 0.495. The van der Waals surface area contributed by atoms with Gasteiger partial charge in [-0.1, -0.05) is 26.7 Å². The standard InChI is InChI=1S/C12H12N2O3.C4H10/c13-9-1-5-11(6-2-9)15-17-16-12-7-3-10(14)4-8-12;1-3-4-2/h1-8H,13-14H2;3-4H2,1-2H3. The highest BCUT2D eigenvalue weighted by Gasteiger charge is 1.97. The van der Waals surface area contributed by atoms with E-state index in [0.717, 1.165) is 0 Å². The summed E-state index contributed by atoms with van der Waals surface area (Å²) in [6.07, 6.45) is 2.64. The monoisotopic (exact) mass is 290 g/mol. The van der Waals surface area contributed by atoms with Crippen LogP contribution in [0.1, 0.15) is 26.7 Å². The molecule has 0 saturated carbocycles. The fourth-order valence-corrected chi connectivity index (χ4v) is 1.14. The van der Waals surface area contributed by atoms with E-state index in [1.165, 1.54) is 12.8 Å². The second-order valence-electron chi connectivity index (χ2n) is 4.37. The highest BCUT2D eigenvalue weighted by molar-refractivity contribution is 5.42. The molecule has 0 aliphatic carbocycles. The molecule has 5 nitrogen and oxygen atoms in total. The molecule has 0 unspecified atom stereocenters. The molecule has 0 radical (unpaired) electrons. The molecule has 0 aliphatic rings. The summed E-state index contributed by atoms with van der Waals surface area (Å²) >= 11 is 0. The van der Waals surface area contributed by atoms with Crippen molar-refractivity contribution in [2.24, 2.45) is 0 Å². The van der Waals surface area contributed by atoms with Gasteiger partial charge < -0.3 is 11.5 Å². The zero-order valence-corrected chi connectivity index (χ0v) is 12.4. The molecule has 0 aromatic heterocycles. The molecule has 4 N–H and O–H groups in total. The highest BCUT2D eigenvalue weighted by atomic mass is 17.5. The number of anilines is 2. The lowest BCUT2D eigenvalue weighted by molar-refractivity contribution is -0.411. The summed E-state index contributed by atoms with van der Waals surface area (Å²) in [7, 11) is 0. The smallest absolute Gasteiger partial charge is 0.169 e. The molecule has 0 fully saturated rings. The van der Waals surface area contributed by atoms with Crippen molar-refractivity contribution in [2.75, 3.05) is 11.5 Å². The Labute approximate surface area is 125 Å². The predicted octanol–water partition coefficient (Wildman–Crippen LogP) is 3.96. The summed E-state index contributed by atoms with van der Waals surface area (Å²) in [6, 6.07) is 13.5. The normalized spacial score (nSPS) is 9.43. The fourth-order valence-electron chi connectivity index (χ4n) is 1.14. The van der Waals surface area contributed by atoms with Gasteiger partial charge in [0.25, 0.3) is 0 Å². The topological polar surface area (TPSA) is 79.7 Å². The van der Waals surface area contributed by atoms with Crippen LogP contribution < -0.4 is 21.2 Å². The molecule has 5 heteroatoms. The second-order valence-corrected chi connectivity index (χ2v) is 4.37. The molecule has 0 spiro atoms. The van der Waals surface area contributed by atoms with Gasteiger partial charge in [0.1, 0.15) is 0 Å². The van der Waals surface area contributed by atoms with Crippen LogP contribution in [0.25, 0.3) is 0 Å². The molecular weight excluding hydrogens is 268 g/mol. The van der Waals surface area contributed by atoms with E-state index in [1.807, 2.05) is 0 Å². The zero-order valence-electron chi connectivity index (χ0n) is 12.4. The number of hydrogen-bond donors (Lipinski definition) is 2. The first-order valence-electron chi connectivity index (χ1n) is 6.88. The van der Waals surface area contributed by atoms with Gasteiger partial charge in [-0.15, -0.1) is 0 Å². The van der Waals surface area contributed by atoms with E-state index in [1.54, 1.807) is 48.5 Å². The zero-order chi connectivity index (χ0) is 15.5. The molecule has 0 atom stereocenters. The maximum atomic E-state index is 5.52. The molecule has 0 saturated heterocycles. The Balaban J connectivity index is 0.000000491. The molecular formula is C16H22N2O3. The lowest BCUT2D eigenvalue weighted by Gasteiger charge is -2.04. The van der Waals surface area contributed by atoms with Crippen LogP contribution in [0, 0.1) is 0 Å². The molecule has 2 rings (SSSR count). The molecule has 0 bridgehead atoms. The van der Waals surface area contributed by atoms with Gasteiger partial charge in [-0.05, 0) is 48.5 Å². The maximum Gasteiger partial charge on any atom is 0.169 e. The van der Waals surface area contributed by atoms with Crippen molar-refractivity contribution in [1.82, 2.24) is 0 Å². The van der Waals surface area contributed by atoms with Crippen LogP contribution in [0.4, 0.5) is 11.4 Å². The molecule has 0 amide bonds. The Kier molecular flexibility index (Phi) is 7.53. The van der Waals surface area contributed by atoms with Crippen molar-refractivity contribution >= 4 is 11.4 Å². The molecule has 114 valence electrons. The summed E-state index contributed by atoms with van der Waals surface area (Å²) < 4.78 is 0. The van der Waals surface area contributed by atoms with E-state index in [4.69, 9.17) is 21.2 Å². The van der Waals surface area contributed by atoms with Crippen LogP contribution >= 0.6 is 0 Å². The number of rotatable bonds is 5. The summed E-state index contributed by atoms with van der Waals surface area (Å²) in [5.74, 6) is 0.990. The van der Waals surface area contributed by atoms with Crippen LogP contribution in [0.15, 0.2) is 48.5 Å². The van der Waals surface area contributed by atoms with Crippen LogP contribution in [-0.4, -0.2) is 0 Å². The van der Waals surface area contributed by atoms with Gasteiger partial charge in [0.05, 0.1) is 0 Å². The number of nitrogen functional groups attached to an aromatic ring is 2. The summed E-state index contributed by atoms with van der Waals surface area (Å²) in [5, 5.41) is 4.60. The minimum Gasteiger partial charge on any atom is -0.399 e. The average molecular weight is 290 g/mol. The van der Waals surface area contributed by atoms with Crippen LogP contribution in [-0.2, 0) is 5.04 Å². The lowest BCUT2D eigenvalue weighted by Crippen LogP contribution is -2.02. The summed E-state index contributed by atoms with van der Waals surface area (Å²) in [6.45, 7) is 4.36. The maximum absolute atomic E-state index is 5.52. The van der Waals surface area contributed by atoms with E-state index in [9.17, 15) is 0 Å². The third kappa shape index (κ3) is 7.08. The van der Waals surface area contributed by atoms with Crippen LogP contribution in [0.2, 0.25) is 0 Å². The van der Waals surface area contributed by atoms with Crippen LogP contribution in [0.3, 0.4) is 0 Å². The van der Waals surface area contributed by atoms with E-state index < -0.39 is 0 Å².